The standard InChI is InChI=1S/C17H14BrFN4O4.C17H17BrFN3O3/c18-11-4-10(1-2-12(11)19)23-15(22-26-16(23)24)14-13(20-27-21-14)3-9-5-17(6-9)7-25-8-17;18-12-3-10(1-2-13(12)19)4-14(20-23)16-15(21-25-22-16)5-11-6-17(7-11)8-24-9-17/h1-2,4,9H,3,5-8H2;1-3,11,23H,4-9H2. The minimum atomic E-state index is -0.702. The molecule has 2 aliphatic carbocycles. The van der Waals surface area contributed by atoms with Crippen LogP contribution >= 0.6 is 31.9 Å². The van der Waals surface area contributed by atoms with Crippen molar-refractivity contribution in [3.05, 3.63) is 90.2 Å². The summed E-state index contributed by atoms with van der Waals surface area (Å²) in [5, 5.41) is 32.5. The van der Waals surface area contributed by atoms with E-state index in [1.165, 1.54) is 28.8 Å². The molecule has 3 aromatic heterocycles. The van der Waals surface area contributed by atoms with Crippen LogP contribution in [0.25, 0.3) is 17.2 Å². The van der Waals surface area contributed by atoms with Crippen molar-refractivity contribution in [2.75, 3.05) is 26.4 Å². The quantitative estimate of drug-likeness (QED) is 0.103. The van der Waals surface area contributed by atoms with Gasteiger partial charge in [-0.15, -0.1) is 0 Å². The number of oxime groups is 1. The van der Waals surface area contributed by atoms with Gasteiger partial charge < -0.3 is 14.7 Å². The summed E-state index contributed by atoms with van der Waals surface area (Å²) >= 11 is 6.28. The highest BCUT2D eigenvalue weighted by molar-refractivity contribution is 9.10. The lowest BCUT2D eigenvalue weighted by Gasteiger charge is -2.53. The molecule has 18 heteroatoms. The SMILES string of the molecule is O=c1onc(-c2nonc2CC2CC3(COC3)C2)n1-c1ccc(F)c(Br)c1.ON=C(Cc1ccc(F)c(Br)c1)c1nonc1CC1CC2(COC2)C1. The monoisotopic (exact) mass is 845 g/mol. The molecule has 2 aliphatic heterocycles. The summed E-state index contributed by atoms with van der Waals surface area (Å²) in [6.45, 7) is 3.37. The number of nitrogens with zero attached hydrogens (tertiary/aromatic N) is 7. The van der Waals surface area contributed by atoms with Gasteiger partial charge in [-0.05, 0) is 128 Å². The smallest absolute Gasteiger partial charge is 0.411 e. The molecule has 2 spiro atoms. The Morgan fingerprint density at radius 3 is 2.02 bits per heavy atom. The highest BCUT2D eigenvalue weighted by Gasteiger charge is 2.50. The Hall–Kier alpha value is -4.13. The van der Waals surface area contributed by atoms with Crippen molar-refractivity contribution in [1.82, 2.24) is 30.4 Å². The minimum Gasteiger partial charge on any atom is -0.411 e. The second-order valence-corrected chi connectivity index (χ2v) is 15.9. The van der Waals surface area contributed by atoms with Gasteiger partial charge in [-0.2, -0.15) is 0 Å². The highest BCUT2D eigenvalue weighted by Crippen LogP contribution is 2.52. The van der Waals surface area contributed by atoms with E-state index >= 15 is 0 Å². The Morgan fingerprint density at radius 1 is 0.827 bits per heavy atom. The molecule has 2 saturated heterocycles. The van der Waals surface area contributed by atoms with Gasteiger partial charge in [0.2, 0.25) is 5.82 Å². The van der Waals surface area contributed by atoms with E-state index in [0.717, 1.165) is 64.1 Å². The fourth-order valence-electron chi connectivity index (χ4n) is 7.75. The van der Waals surface area contributed by atoms with Crippen LogP contribution in [0.1, 0.15) is 48.3 Å². The molecule has 1 N–H and O–H groups in total. The second-order valence-electron chi connectivity index (χ2n) is 14.2. The summed E-state index contributed by atoms with van der Waals surface area (Å²) in [6.07, 6.45) is 6.12. The van der Waals surface area contributed by atoms with Gasteiger partial charge in [0.15, 0.2) is 11.4 Å². The van der Waals surface area contributed by atoms with Gasteiger partial charge in [-0.3, -0.25) is 4.52 Å². The second kappa shape index (κ2) is 14.0. The molecule has 9 rings (SSSR count). The van der Waals surface area contributed by atoms with Gasteiger partial charge in [-0.25, -0.2) is 27.4 Å². The van der Waals surface area contributed by atoms with E-state index in [9.17, 15) is 18.8 Å². The van der Waals surface area contributed by atoms with Crippen molar-refractivity contribution >= 4 is 37.6 Å². The van der Waals surface area contributed by atoms with E-state index in [4.69, 9.17) is 23.3 Å². The van der Waals surface area contributed by atoms with Crippen molar-refractivity contribution in [2.24, 2.45) is 27.8 Å². The molecule has 5 aromatic rings. The van der Waals surface area contributed by atoms with Crippen LogP contribution in [0.4, 0.5) is 8.78 Å². The normalized spacial score (nSPS) is 20.1. The van der Waals surface area contributed by atoms with E-state index in [2.05, 4.69) is 62.8 Å². The summed E-state index contributed by atoms with van der Waals surface area (Å²) in [5.41, 5.74) is 4.43. The molecule has 5 heterocycles. The van der Waals surface area contributed by atoms with Crippen LogP contribution in [0.15, 0.2) is 69.1 Å². The molecule has 0 amide bonds. The van der Waals surface area contributed by atoms with Gasteiger partial charge >= 0.3 is 5.76 Å². The highest BCUT2D eigenvalue weighted by atomic mass is 79.9. The maximum absolute atomic E-state index is 13.5. The Bertz CT molecular complexity index is 2180. The van der Waals surface area contributed by atoms with Gasteiger partial charge in [0, 0.05) is 17.3 Å². The molecule has 0 unspecified atom stereocenters. The zero-order valence-corrected chi connectivity index (χ0v) is 30.6. The van der Waals surface area contributed by atoms with Gasteiger partial charge in [-0.1, -0.05) is 26.7 Å². The number of hydrogen-bond donors (Lipinski definition) is 1. The fourth-order valence-corrected chi connectivity index (χ4v) is 8.54. The zero-order valence-electron chi connectivity index (χ0n) is 27.4. The minimum absolute atomic E-state index is 0.177. The van der Waals surface area contributed by atoms with Crippen LogP contribution in [0.2, 0.25) is 0 Å². The molecule has 14 nitrogen and oxygen atoms in total. The van der Waals surface area contributed by atoms with Crippen molar-refractivity contribution < 1.29 is 37.2 Å². The Morgan fingerprint density at radius 2 is 1.42 bits per heavy atom. The molecule has 0 radical (unpaired) electrons. The number of halogens is 4. The predicted molar refractivity (Wildman–Crippen MR) is 183 cm³/mol. The van der Waals surface area contributed by atoms with Crippen LogP contribution in [0, 0.1) is 34.3 Å². The van der Waals surface area contributed by atoms with Crippen molar-refractivity contribution in [2.45, 2.75) is 44.9 Å². The lowest BCUT2D eigenvalue weighted by Crippen LogP contribution is -2.52. The lowest BCUT2D eigenvalue weighted by molar-refractivity contribution is -0.178. The largest absolute Gasteiger partial charge is 0.446 e. The van der Waals surface area contributed by atoms with Crippen molar-refractivity contribution in [1.29, 1.82) is 0 Å². The third-order valence-electron chi connectivity index (χ3n) is 10.3. The molecule has 4 aliphatic rings. The topological polar surface area (TPSA) is 177 Å². The number of ether oxygens (including phenoxy) is 2. The summed E-state index contributed by atoms with van der Waals surface area (Å²) in [6, 6.07) is 8.84. The molecular formula is C34H31Br2F2N7O7. The Kier molecular flexibility index (Phi) is 9.42. The molecular weight excluding hydrogens is 816 g/mol. The first-order valence-electron chi connectivity index (χ1n) is 16.6. The predicted octanol–water partition coefficient (Wildman–Crippen LogP) is 6.11. The van der Waals surface area contributed by atoms with Crippen LogP contribution in [-0.2, 0) is 28.7 Å². The van der Waals surface area contributed by atoms with Gasteiger partial charge in [0.1, 0.15) is 28.7 Å². The number of hydrogen-bond acceptors (Lipinski definition) is 13. The number of benzene rings is 2. The van der Waals surface area contributed by atoms with E-state index in [-0.39, 0.29) is 16.1 Å². The Labute approximate surface area is 310 Å². The van der Waals surface area contributed by atoms with E-state index in [0.29, 0.717) is 74.2 Å². The van der Waals surface area contributed by atoms with Crippen molar-refractivity contribution in [3.63, 3.8) is 0 Å². The van der Waals surface area contributed by atoms with Crippen LogP contribution in [0.5, 0.6) is 0 Å². The lowest BCUT2D eigenvalue weighted by atomic mass is 9.59. The molecule has 4 fully saturated rings. The molecule has 0 atom stereocenters. The molecule has 2 aromatic carbocycles. The summed E-state index contributed by atoms with van der Waals surface area (Å²) in [7, 11) is 0. The van der Waals surface area contributed by atoms with E-state index < -0.39 is 11.6 Å². The maximum atomic E-state index is 13.5. The van der Waals surface area contributed by atoms with E-state index in [1.807, 2.05) is 0 Å². The van der Waals surface area contributed by atoms with Gasteiger partial charge in [0.05, 0.1) is 41.1 Å². The summed E-state index contributed by atoms with van der Waals surface area (Å²) in [4.78, 5) is 12.2. The zero-order chi connectivity index (χ0) is 36.0. The average Bonchev–Trinajstić information content (AvgIpc) is 3.80. The third kappa shape index (κ3) is 6.76. The van der Waals surface area contributed by atoms with Crippen LogP contribution in [-0.4, -0.2) is 67.7 Å². The third-order valence-corrected chi connectivity index (χ3v) is 11.5. The average molecular weight is 847 g/mol. The van der Waals surface area contributed by atoms with E-state index in [1.54, 1.807) is 12.1 Å². The summed E-state index contributed by atoms with van der Waals surface area (Å²) in [5.74, 6) is -0.315. The Balaban J connectivity index is 0.000000149. The maximum Gasteiger partial charge on any atom is 0.446 e. The fraction of sp³-hybridized carbons (Fsp3) is 0.441. The first-order chi connectivity index (χ1) is 25.1. The first-order valence-corrected chi connectivity index (χ1v) is 18.2. The van der Waals surface area contributed by atoms with Crippen molar-refractivity contribution in [3.8, 4) is 17.2 Å². The van der Waals surface area contributed by atoms with Gasteiger partial charge in [0.25, 0.3) is 0 Å². The first kappa shape index (κ1) is 34.9. The number of rotatable bonds is 9. The molecule has 272 valence electrons. The summed E-state index contributed by atoms with van der Waals surface area (Å²) < 4.78 is 53.9. The number of aromatic nitrogens is 6. The molecule has 0 bridgehead atoms. The van der Waals surface area contributed by atoms with Crippen LogP contribution < -0.4 is 5.76 Å². The van der Waals surface area contributed by atoms with Crippen LogP contribution in [0.3, 0.4) is 0 Å². The molecule has 2 saturated carbocycles. The molecule has 52 heavy (non-hydrogen) atoms.